The van der Waals surface area contributed by atoms with Gasteiger partial charge in [-0.3, -0.25) is 14.6 Å². The summed E-state index contributed by atoms with van der Waals surface area (Å²) in [6, 6.07) is 9.75. The maximum atomic E-state index is 12.8. The number of aromatic nitrogens is 3. The van der Waals surface area contributed by atoms with Crippen molar-refractivity contribution in [2.75, 3.05) is 13.1 Å². The molecule has 7 heteroatoms. The van der Waals surface area contributed by atoms with Gasteiger partial charge in [-0.1, -0.05) is 6.07 Å². The molecule has 0 unspecified atom stereocenters. The molecule has 1 aromatic carbocycles. The van der Waals surface area contributed by atoms with Gasteiger partial charge in [0.25, 0.3) is 5.56 Å². The molecule has 0 radical (unpaired) electrons. The van der Waals surface area contributed by atoms with Crippen molar-refractivity contribution in [3.05, 3.63) is 75.5 Å². The van der Waals surface area contributed by atoms with E-state index in [4.69, 9.17) is 4.74 Å². The number of aromatic amines is 1. The summed E-state index contributed by atoms with van der Waals surface area (Å²) in [5.41, 5.74) is 4.29. The standard InChI is InChI=1S/C26H30N4O3/c1-17-4-5-22(16-18(17)2)33-21-10-14-30(15-11-21)24(31)7-6-23-19(3)28-25(29-26(23)32)20-8-12-27-13-9-20/h4-5,8-9,12-13,16,21H,6-7,10-11,14-15H2,1-3H3,(H,28,29,32). The van der Waals surface area contributed by atoms with E-state index >= 15 is 0 Å². The zero-order valence-corrected chi connectivity index (χ0v) is 19.4. The van der Waals surface area contributed by atoms with Gasteiger partial charge >= 0.3 is 0 Å². The van der Waals surface area contributed by atoms with E-state index in [0.29, 0.717) is 43.0 Å². The van der Waals surface area contributed by atoms with Gasteiger partial charge in [-0.15, -0.1) is 0 Å². The number of rotatable bonds is 6. The molecule has 0 atom stereocenters. The van der Waals surface area contributed by atoms with E-state index in [1.165, 1.54) is 11.1 Å². The molecular formula is C26H30N4O3. The molecule has 0 aliphatic carbocycles. The normalized spacial score (nSPS) is 14.3. The fourth-order valence-corrected chi connectivity index (χ4v) is 4.14. The lowest BCUT2D eigenvalue weighted by molar-refractivity contribution is -0.132. The predicted molar refractivity (Wildman–Crippen MR) is 127 cm³/mol. The van der Waals surface area contributed by atoms with Crippen LogP contribution in [0, 0.1) is 20.8 Å². The number of benzene rings is 1. The van der Waals surface area contributed by atoms with E-state index in [2.05, 4.69) is 40.9 Å². The number of likely N-dealkylation sites (tertiary alicyclic amines) is 1. The van der Waals surface area contributed by atoms with Crippen molar-refractivity contribution >= 4 is 5.91 Å². The third-order valence-electron chi connectivity index (χ3n) is 6.34. The Morgan fingerprint density at radius 1 is 1.09 bits per heavy atom. The zero-order valence-electron chi connectivity index (χ0n) is 19.4. The number of carbonyl (C=O) groups is 1. The molecule has 172 valence electrons. The van der Waals surface area contributed by atoms with Crippen LogP contribution in [0.4, 0.5) is 0 Å². The Morgan fingerprint density at radius 2 is 1.82 bits per heavy atom. The summed E-state index contributed by atoms with van der Waals surface area (Å²) in [6.07, 6.45) is 5.72. The Labute approximate surface area is 193 Å². The highest BCUT2D eigenvalue weighted by molar-refractivity contribution is 5.76. The highest BCUT2D eigenvalue weighted by Crippen LogP contribution is 2.22. The number of piperidine rings is 1. The molecular weight excluding hydrogens is 416 g/mol. The quantitative estimate of drug-likeness (QED) is 0.623. The topological polar surface area (TPSA) is 88.2 Å². The Kier molecular flexibility index (Phi) is 6.87. The van der Waals surface area contributed by atoms with Gasteiger partial charge in [0, 0.05) is 61.6 Å². The maximum absolute atomic E-state index is 12.8. The van der Waals surface area contributed by atoms with Gasteiger partial charge in [-0.2, -0.15) is 0 Å². The van der Waals surface area contributed by atoms with Crippen molar-refractivity contribution in [1.29, 1.82) is 0 Å². The average Bonchev–Trinajstić information content (AvgIpc) is 2.82. The summed E-state index contributed by atoms with van der Waals surface area (Å²) in [5, 5.41) is 0. The molecule has 4 rings (SSSR count). The van der Waals surface area contributed by atoms with E-state index in [1.54, 1.807) is 24.5 Å². The summed E-state index contributed by atoms with van der Waals surface area (Å²) in [7, 11) is 0. The summed E-state index contributed by atoms with van der Waals surface area (Å²) < 4.78 is 6.13. The van der Waals surface area contributed by atoms with Crippen molar-refractivity contribution < 1.29 is 9.53 Å². The van der Waals surface area contributed by atoms with E-state index in [0.717, 1.165) is 24.2 Å². The summed E-state index contributed by atoms with van der Waals surface area (Å²) in [5.74, 6) is 1.47. The van der Waals surface area contributed by atoms with Crippen LogP contribution in [0.25, 0.3) is 11.4 Å². The summed E-state index contributed by atoms with van der Waals surface area (Å²) in [6.45, 7) is 7.32. The van der Waals surface area contributed by atoms with Gasteiger partial charge in [0.15, 0.2) is 0 Å². The minimum atomic E-state index is -0.192. The van der Waals surface area contributed by atoms with E-state index in [9.17, 15) is 9.59 Å². The van der Waals surface area contributed by atoms with Crippen LogP contribution < -0.4 is 10.3 Å². The second-order valence-corrected chi connectivity index (χ2v) is 8.66. The third-order valence-corrected chi connectivity index (χ3v) is 6.34. The molecule has 33 heavy (non-hydrogen) atoms. The largest absolute Gasteiger partial charge is 0.490 e. The molecule has 0 saturated carbocycles. The molecule has 3 heterocycles. The number of pyridine rings is 1. The fourth-order valence-electron chi connectivity index (χ4n) is 4.14. The van der Waals surface area contributed by atoms with Crippen molar-refractivity contribution in [3.63, 3.8) is 0 Å². The van der Waals surface area contributed by atoms with Gasteiger partial charge in [0.2, 0.25) is 5.91 Å². The monoisotopic (exact) mass is 446 g/mol. The number of amides is 1. The first-order chi connectivity index (χ1) is 15.9. The lowest BCUT2D eigenvalue weighted by Gasteiger charge is -2.32. The van der Waals surface area contributed by atoms with Gasteiger partial charge < -0.3 is 14.6 Å². The molecule has 1 aliphatic heterocycles. The number of carbonyl (C=O) groups excluding carboxylic acids is 1. The van der Waals surface area contributed by atoms with E-state index in [1.807, 2.05) is 17.9 Å². The Hall–Kier alpha value is -3.48. The molecule has 0 spiro atoms. The number of hydrogen-bond acceptors (Lipinski definition) is 5. The molecule has 1 saturated heterocycles. The fraction of sp³-hybridized carbons (Fsp3) is 0.385. The number of H-pyrrole nitrogens is 1. The molecule has 2 aromatic heterocycles. The van der Waals surface area contributed by atoms with Gasteiger partial charge in [0.1, 0.15) is 17.7 Å². The van der Waals surface area contributed by atoms with Crippen molar-refractivity contribution in [2.45, 2.75) is 52.6 Å². The molecule has 7 nitrogen and oxygen atoms in total. The average molecular weight is 447 g/mol. The van der Waals surface area contributed by atoms with Crippen LogP contribution >= 0.6 is 0 Å². The molecule has 3 aromatic rings. The second-order valence-electron chi connectivity index (χ2n) is 8.66. The van der Waals surface area contributed by atoms with Crippen LogP contribution in [0.2, 0.25) is 0 Å². The summed E-state index contributed by atoms with van der Waals surface area (Å²) >= 11 is 0. The van der Waals surface area contributed by atoms with Crippen molar-refractivity contribution in [2.24, 2.45) is 0 Å². The second kappa shape index (κ2) is 9.98. The van der Waals surface area contributed by atoms with Crippen LogP contribution in [-0.4, -0.2) is 45.0 Å². The number of nitrogens with one attached hydrogen (secondary N) is 1. The predicted octanol–water partition coefficient (Wildman–Crippen LogP) is 3.76. The van der Waals surface area contributed by atoms with Gasteiger partial charge in [-0.25, -0.2) is 4.98 Å². The highest BCUT2D eigenvalue weighted by Gasteiger charge is 2.24. The van der Waals surface area contributed by atoms with Gasteiger partial charge in [-0.05, 0) is 62.6 Å². The van der Waals surface area contributed by atoms with Crippen LogP contribution in [0.15, 0.2) is 47.5 Å². The van der Waals surface area contributed by atoms with E-state index in [-0.39, 0.29) is 17.6 Å². The maximum Gasteiger partial charge on any atom is 0.254 e. The zero-order chi connectivity index (χ0) is 23.4. The SMILES string of the molecule is Cc1ccc(OC2CCN(C(=O)CCc3c(C)nc(-c4ccncc4)[nH]c3=O)CC2)cc1C. The van der Waals surface area contributed by atoms with Gasteiger partial charge in [0.05, 0.1) is 0 Å². The van der Waals surface area contributed by atoms with Crippen LogP contribution in [-0.2, 0) is 11.2 Å². The Balaban J connectivity index is 1.31. The van der Waals surface area contributed by atoms with Crippen LogP contribution in [0.5, 0.6) is 5.75 Å². The minimum Gasteiger partial charge on any atom is -0.490 e. The number of nitrogens with zero attached hydrogens (tertiary/aromatic N) is 3. The lowest BCUT2D eigenvalue weighted by atomic mass is 10.0. The first kappa shape index (κ1) is 22.7. The molecule has 0 bridgehead atoms. The molecule has 1 N–H and O–H groups in total. The lowest BCUT2D eigenvalue weighted by Crippen LogP contribution is -2.42. The molecule has 1 amide bonds. The van der Waals surface area contributed by atoms with Crippen molar-refractivity contribution in [1.82, 2.24) is 19.9 Å². The smallest absolute Gasteiger partial charge is 0.254 e. The number of hydrogen-bond donors (Lipinski definition) is 1. The Morgan fingerprint density at radius 3 is 2.48 bits per heavy atom. The van der Waals surface area contributed by atoms with E-state index < -0.39 is 0 Å². The molecule has 1 aliphatic rings. The number of aryl methyl sites for hydroxylation is 3. The van der Waals surface area contributed by atoms with Crippen LogP contribution in [0.1, 0.15) is 41.6 Å². The number of ether oxygens (including phenoxy) is 1. The first-order valence-corrected chi connectivity index (χ1v) is 11.4. The third kappa shape index (κ3) is 5.48. The minimum absolute atomic E-state index is 0.0663. The molecule has 1 fully saturated rings. The first-order valence-electron chi connectivity index (χ1n) is 11.4. The van der Waals surface area contributed by atoms with Crippen molar-refractivity contribution in [3.8, 4) is 17.1 Å². The highest BCUT2D eigenvalue weighted by atomic mass is 16.5. The van der Waals surface area contributed by atoms with Crippen LogP contribution in [0.3, 0.4) is 0 Å². The Bertz CT molecular complexity index is 1180. The summed E-state index contributed by atoms with van der Waals surface area (Å²) in [4.78, 5) is 38.6.